The summed E-state index contributed by atoms with van der Waals surface area (Å²) in [4.78, 5) is 0. The maximum absolute atomic E-state index is 12.7. The van der Waals surface area contributed by atoms with Crippen LogP contribution in [-0.2, 0) is 4.57 Å². The Hall–Kier alpha value is -1.44. The van der Waals surface area contributed by atoms with E-state index < -0.39 is 7.52 Å². The van der Waals surface area contributed by atoms with Gasteiger partial charge in [0.05, 0.1) is 0 Å². The number of hydrogen-bond acceptors (Lipinski definition) is 2. The second-order valence-corrected chi connectivity index (χ2v) is 7.76. The average molecular weight is 324 g/mol. The molecule has 0 spiro atoms. The molecule has 2 aromatic rings. The standard InChI is InChI=1S/C16H19ClNO2P/c1-11-8-9-14(17)10-15(11)18-21(4,19)20-16-12(2)6-5-7-13(16)3/h5-10H,1-4H3,(H,18,19)/t21-/m0/s1. The first-order valence-electron chi connectivity index (χ1n) is 6.66. The van der Waals surface area contributed by atoms with Crippen LogP contribution in [0.2, 0.25) is 5.02 Å². The Balaban J connectivity index is 2.27. The van der Waals surface area contributed by atoms with Gasteiger partial charge in [0.2, 0.25) is 0 Å². The normalized spacial score (nSPS) is 13.6. The van der Waals surface area contributed by atoms with Gasteiger partial charge in [-0.25, -0.2) is 0 Å². The van der Waals surface area contributed by atoms with Crippen LogP contribution in [0.25, 0.3) is 0 Å². The zero-order chi connectivity index (χ0) is 15.6. The third-order valence-corrected chi connectivity index (χ3v) is 4.61. The van der Waals surface area contributed by atoms with Crippen molar-refractivity contribution in [1.29, 1.82) is 0 Å². The van der Waals surface area contributed by atoms with E-state index in [4.69, 9.17) is 16.1 Å². The highest BCUT2D eigenvalue weighted by molar-refractivity contribution is 7.60. The van der Waals surface area contributed by atoms with Crippen molar-refractivity contribution in [3.63, 3.8) is 0 Å². The van der Waals surface area contributed by atoms with E-state index in [0.29, 0.717) is 10.8 Å². The van der Waals surface area contributed by atoms with Crippen molar-refractivity contribution in [1.82, 2.24) is 0 Å². The molecule has 2 rings (SSSR count). The summed E-state index contributed by atoms with van der Waals surface area (Å²) in [6, 6.07) is 11.3. The second kappa shape index (κ2) is 6.13. The summed E-state index contributed by atoms with van der Waals surface area (Å²) in [7, 11) is -3.05. The van der Waals surface area contributed by atoms with Crippen LogP contribution in [0.4, 0.5) is 5.69 Å². The third kappa shape index (κ3) is 4.03. The summed E-state index contributed by atoms with van der Waals surface area (Å²) in [6.07, 6.45) is 0. The molecule has 0 bridgehead atoms. The fourth-order valence-corrected chi connectivity index (χ4v) is 3.61. The molecule has 0 aromatic heterocycles. The fraction of sp³-hybridized carbons (Fsp3) is 0.250. The number of benzene rings is 2. The van der Waals surface area contributed by atoms with Crippen LogP contribution >= 0.6 is 19.1 Å². The van der Waals surface area contributed by atoms with Crippen molar-refractivity contribution in [2.75, 3.05) is 11.8 Å². The van der Waals surface area contributed by atoms with Gasteiger partial charge in [0.25, 0.3) is 0 Å². The van der Waals surface area contributed by atoms with Gasteiger partial charge in [0.1, 0.15) is 5.75 Å². The number of anilines is 1. The van der Waals surface area contributed by atoms with Crippen molar-refractivity contribution in [2.45, 2.75) is 20.8 Å². The predicted octanol–water partition coefficient (Wildman–Crippen LogP) is 5.58. The lowest BCUT2D eigenvalue weighted by atomic mass is 10.1. The molecular weight excluding hydrogens is 305 g/mol. The number of para-hydroxylation sites is 1. The number of hydrogen-bond donors (Lipinski definition) is 1. The van der Waals surface area contributed by atoms with Crippen LogP contribution in [0.1, 0.15) is 16.7 Å². The molecule has 2 aromatic carbocycles. The minimum atomic E-state index is -3.05. The number of halogens is 1. The molecule has 0 saturated carbocycles. The topological polar surface area (TPSA) is 38.3 Å². The van der Waals surface area contributed by atoms with E-state index in [2.05, 4.69) is 5.09 Å². The number of nitrogens with one attached hydrogen (secondary N) is 1. The second-order valence-electron chi connectivity index (χ2n) is 5.23. The first-order chi connectivity index (χ1) is 9.78. The Kier molecular flexibility index (Phi) is 4.65. The van der Waals surface area contributed by atoms with Gasteiger partial charge in [-0.3, -0.25) is 4.57 Å². The Morgan fingerprint density at radius 1 is 1.05 bits per heavy atom. The summed E-state index contributed by atoms with van der Waals surface area (Å²) in [5.74, 6) is 0.663. The van der Waals surface area contributed by atoms with E-state index in [-0.39, 0.29) is 0 Å². The smallest absolute Gasteiger partial charge is 0.338 e. The van der Waals surface area contributed by atoms with Gasteiger partial charge in [0.15, 0.2) is 0 Å². The van der Waals surface area contributed by atoms with Crippen LogP contribution in [0.3, 0.4) is 0 Å². The minimum Gasteiger partial charge on any atom is -0.429 e. The Morgan fingerprint density at radius 2 is 1.67 bits per heavy atom. The molecule has 0 saturated heterocycles. The van der Waals surface area contributed by atoms with Crippen molar-refractivity contribution in [3.8, 4) is 5.75 Å². The lowest BCUT2D eigenvalue weighted by Gasteiger charge is -2.21. The first-order valence-corrected chi connectivity index (χ1v) is 9.11. The van der Waals surface area contributed by atoms with Crippen LogP contribution in [-0.4, -0.2) is 6.66 Å². The summed E-state index contributed by atoms with van der Waals surface area (Å²) >= 11 is 5.99. The quantitative estimate of drug-likeness (QED) is 0.746. The maximum Gasteiger partial charge on any atom is 0.338 e. The van der Waals surface area contributed by atoms with Crippen LogP contribution in [0.15, 0.2) is 36.4 Å². The van der Waals surface area contributed by atoms with Crippen molar-refractivity contribution in [3.05, 3.63) is 58.1 Å². The Morgan fingerprint density at radius 3 is 2.29 bits per heavy atom. The van der Waals surface area contributed by atoms with Crippen molar-refractivity contribution in [2.24, 2.45) is 0 Å². The molecule has 0 fully saturated rings. The van der Waals surface area contributed by atoms with Gasteiger partial charge in [-0.2, -0.15) is 0 Å². The van der Waals surface area contributed by atoms with Crippen molar-refractivity contribution >= 4 is 24.8 Å². The van der Waals surface area contributed by atoms with E-state index in [1.54, 1.807) is 18.8 Å². The zero-order valence-corrected chi connectivity index (χ0v) is 14.3. The average Bonchev–Trinajstić information content (AvgIpc) is 2.38. The molecule has 5 heteroatoms. The predicted molar refractivity (Wildman–Crippen MR) is 89.9 cm³/mol. The molecule has 0 heterocycles. The molecular formula is C16H19ClNO2P. The molecule has 0 aliphatic rings. The van der Waals surface area contributed by atoms with Gasteiger partial charge < -0.3 is 9.61 Å². The summed E-state index contributed by atoms with van der Waals surface area (Å²) in [6.45, 7) is 7.37. The van der Waals surface area contributed by atoms with Gasteiger partial charge >= 0.3 is 7.52 Å². The zero-order valence-electron chi connectivity index (χ0n) is 12.6. The number of rotatable bonds is 4. The lowest BCUT2D eigenvalue weighted by molar-refractivity contribution is 0.490. The molecule has 21 heavy (non-hydrogen) atoms. The van der Waals surface area contributed by atoms with Crippen LogP contribution < -0.4 is 9.61 Å². The van der Waals surface area contributed by atoms with E-state index in [1.807, 2.05) is 45.0 Å². The molecule has 3 nitrogen and oxygen atoms in total. The first kappa shape index (κ1) is 15.9. The molecule has 0 aliphatic carbocycles. The van der Waals surface area contributed by atoms with Gasteiger partial charge in [-0.15, -0.1) is 0 Å². The van der Waals surface area contributed by atoms with E-state index >= 15 is 0 Å². The Bertz CT molecular complexity index is 695. The molecule has 0 amide bonds. The van der Waals surface area contributed by atoms with Crippen molar-refractivity contribution < 1.29 is 9.09 Å². The summed E-state index contributed by atoms with van der Waals surface area (Å²) in [5, 5.41) is 3.57. The molecule has 1 atom stereocenters. The summed E-state index contributed by atoms with van der Waals surface area (Å²) < 4.78 is 18.5. The molecule has 112 valence electrons. The van der Waals surface area contributed by atoms with E-state index in [9.17, 15) is 4.57 Å². The van der Waals surface area contributed by atoms with Crippen LogP contribution in [0, 0.1) is 20.8 Å². The Labute approximate surface area is 130 Å². The molecule has 0 aliphatic heterocycles. The highest BCUT2D eigenvalue weighted by Gasteiger charge is 2.20. The van der Waals surface area contributed by atoms with Gasteiger partial charge in [0, 0.05) is 17.4 Å². The van der Waals surface area contributed by atoms with E-state index in [0.717, 1.165) is 22.4 Å². The fourth-order valence-electron chi connectivity index (χ4n) is 2.07. The third-order valence-electron chi connectivity index (χ3n) is 3.20. The van der Waals surface area contributed by atoms with Gasteiger partial charge in [-0.05, 0) is 49.6 Å². The monoisotopic (exact) mass is 323 g/mol. The molecule has 0 radical (unpaired) electrons. The van der Waals surface area contributed by atoms with Crippen LogP contribution in [0.5, 0.6) is 5.75 Å². The molecule has 1 N–H and O–H groups in total. The minimum absolute atomic E-state index is 0.593. The summed E-state index contributed by atoms with van der Waals surface area (Å²) in [5.41, 5.74) is 3.61. The number of aryl methyl sites for hydroxylation is 3. The molecule has 0 unspecified atom stereocenters. The lowest BCUT2D eigenvalue weighted by Crippen LogP contribution is -2.05. The highest BCUT2D eigenvalue weighted by atomic mass is 35.5. The largest absolute Gasteiger partial charge is 0.429 e. The van der Waals surface area contributed by atoms with E-state index in [1.165, 1.54) is 0 Å². The highest BCUT2D eigenvalue weighted by Crippen LogP contribution is 2.46. The SMILES string of the molecule is Cc1ccc(Cl)cc1N[P@@](C)(=O)Oc1c(C)cccc1C. The maximum atomic E-state index is 12.7. The van der Waals surface area contributed by atoms with Gasteiger partial charge in [-0.1, -0.05) is 35.9 Å².